The van der Waals surface area contributed by atoms with Crippen LogP contribution in [0, 0.1) is 5.41 Å². The van der Waals surface area contributed by atoms with Gasteiger partial charge in [0.2, 0.25) is 0 Å². The van der Waals surface area contributed by atoms with E-state index in [1.54, 1.807) is 0 Å². The van der Waals surface area contributed by atoms with E-state index in [0.717, 1.165) is 12.7 Å². The van der Waals surface area contributed by atoms with Gasteiger partial charge in [0.1, 0.15) is 6.29 Å². The number of aldehydes is 1. The van der Waals surface area contributed by atoms with Gasteiger partial charge in [-0.25, -0.2) is 0 Å². The van der Waals surface area contributed by atoms with E-state index in [2.05, 4.69) is 4.90 Å². The minimum Gasteiger partial charge on any atom is -0.388 e. The number of likely N-dealkylation sites (N-methyl/N-ethyl adjacent to an activating group) is 1. The number of ether oxygens (including phenoxy) is 1. The highest BCUT2D eigenvalue weighted by molar-refractivity contribution is 5.58. The SMILES string of the molecule is CCC(C)(C=O)CN(C)CC1(O)CCOCC1. The van der Waals surface area contributed by atoms with Crippen LogP contribution in [0.1, 0.15) is 33.1 Å². The van der Waals surface area contributed by atoms with Gasteiger partial charge in [-0.15, -0.1) is 0 Å². The molecule has 1 atom stereocenters. The highest BCUT2D eigenvalue weighted by Crippen LogP contribution is 2.24. The van der Waals surface area contributed by atoms with Crippen LogP contribution < -0.4 is 0 Å². The number of rotatable bonds is 6. The molecule has 0 bridgehead atoms. The Bertz CT molecular complexity index is 251. The smallest absolute Gasteiger partial charge is 0.127 e. The van der Waals surface area contributed by atoms with Crippen LogP contribution >= 0.6 is 0 Å². The van der Waals surface area contributed by atoms with Gasteiger partial charge in [0.15, 0.2) is 0 Å². The number of carbonyl (C=O) groups is 1. The van der Waals surface area contributed by atoms with Crippen LogP contribution in [0.4, 0.5) is 0 Å². The minimum absolute atomic E-state index is 0.309. The van der Waals surface area contributed by atoms with E-state index in [0.29, 0.717) is 39.1 Å². The molecule has 0 spiro atoms. The summed E-state index contributed by atoms with van der Waals surface area (Å²) in [5.74, 6) is 0. The first-order chi connectivity index (χ1) is 7.93. The quantitative estimate of drug-likeness (QED) is 0.709. The Labute approximate surface area is 104 Å². The lowest BCUT2D eigenvalue weighted by atomic mass is 9.87. The summed E-state index contributed by atoms with van der Waals surface area (Å²) < 4.78 is 5.26. The van der Waals surface area contributed by atoms with Gasteiger partial charge in [-0.05, 0) is 13.5 Å². The van der Waals surface area contributed by atoms with Crippen molar-refractivity contribution in [1.29, 1.82) is 0 Å². The van der Waals surface area contributed by atoms with Crippen LogP contribution in [0.25, 0.3) is 0 Å². The number of aliphatic hydroxyl groups is 1. The van der Waals surface area contributed by atoms with Crippen LogP contribution in [0.5, 0.6) is 0 Å². The zero-order chi connectivity index (χ0) is 12.9. The maximum Gasteiger partial charge on any atom is 0.127 e. The zero-order valence-electron chi connectivity index (χ0n) is 11.2. The third kappa shape index (κ3) is 4.37. The van der Waals surface area contributed by atoms with E-state index in [1.807, 2.05) is 20.9 Å². The van der Waals surface area contributed by atoms with Crippen molar-refractivity contribution in [2.75, 3.05) is 33.4 Å². The molecular formula is C13H25NO3. The maximum absolute atomic E-state index is 11.1. The summed E-state index contributed by atoms with van der Waals surface area (Å²) in [5, 5.41) is 10.4. The average molecular weight is 243 g/mol. The van der Waals surface area contributed by atoms with E-state index < -0.39 is 5.60 Å². The Morgan fingerprint density at radius 1 is 1.47 bits per heavy atom. The summed E-state index contributed by atoms with van der Waals surface area (Å²) in [7, 11) is 1.96. The Morgan fingerprint density at radius 2 is 2.06 bits per heavy atom. The third-order valence-corrected chi connectivity index (χ3v) is 3.71. The minimum atomic E-state index is -0.648. The van der Waals surface area contributed by atoms with Gasteiger partial charge in [0.05, 0.1) is 5.60 Å². The molecule has 17 heavy (non-hydrogen) atoms. The van der Waals surface area contributed by atoms with Gasteiger partial charge >= 0.3 is 0 Å². The second-order valence-electron chi connectivity index (χ2n) is 5.63. The van der Waals surface area contributed by atoms with Gasteiger partial charge in [-0.1, -0.05) is 13.8 Å². The molecule has 0 aromatic carbocycles. The molecule has 1 aliphatic heterocycles. The van der Waals surface area contributed by atoms with Crippen molar-refractivity contribution >= 4 is 6.29 Å². The van der Waals surface area contributed by atoms with Crippen molar-refractivity contribution in [1.82, 2.24) is 4.90 Å². The van der Waals surface area contributed by atoms with E-state index >= 15 is 0 Å². The molecule has 1 saturated heterocycles. The molecule has 4 heteroatoms. The molecule has 4 nitrogen and oxygen atoms in total. The second kappa shape index (κ2) is 5.94. The third-order valence-electron chi connectivity index (χ3n) is 3.71. The molecule has 1 fully saturated rings. The number of hydrogen-bond acceptors (Lipinski definition) is 4. The van der Waals surface area contributed by atoms with E-state index in [1.165, 1.54) is 0 Å². The van der Waals surface area contributed by atoms with E-state index in [9.17, 15) is 9.90 Å². The topological polar surface area (TPSA) is 49.8 Å². The Kier molecular flexibility index (Phi) is 5.10. The fourth-order valence-electron chi connectivity index (χ4n) is 2.32. The van der Waals surface area contributed by atoms with Crippen LogP contribution in [-0.2, 0) is 9.53 Å². The molecule has 0 aromatic heterocycles. The summed E-state index contributed by atoms with van der Waals surface area (Å²) in [6.45, 7) is 6.54. The first-order valence-corrected chi connectivity index (χ1v) is 6.38. The fraction of sp³-hybridized carbons (Fsp3) is 0.923. The van der Waals surface area contributed by atoms with Crippen LogP contribution in [0.3, 0.4) is 0 Å². The lowest BCUT2D eigenvalue weighted by Gasteiger charge is -2.37. The van der Waals surface area contributed by atoms with E-state index in [4.69, 9.17) is 4.74 Å². The molecule has 0 saturated carbocycles. The van der Waals surface area contributed by atoms with Crippen molar-refractivity contribution in [2.24, 2.45) is 5.41 Å². The first-order valence-electron chi connectivity index (χ1n) is 6.38. The standard InChI is InChI=1S/C13H25NO3/c1-4-12(2,11-15)9-14(3)10-13(16)5-7-17-8-6-13/h11,16H,4-10H2,1-3H3. The average Bonchev–Trinajstić information content (AvgIpc) is 2.29. The molecule has 0 aliphatic carbocycles. The Balaban J connectivity index is 2.47. The molecular weight excluding hydrogens is 218 g/mol. The van der Waals surface area contributed by atoms with Gasteiger partial charge in [-0.3, -0.25) is 0 Å². The Morgan fingerprint density at radius 3 is 2.53 bits per heavy atom. The lowest BCUT2D eigenvalue weighted by Crippen LogP contribution is -2.48. The molecule has 100 valence electrons. The summed E-state index contributed by atoms with van der Waals surface area (Å²) in [4.78, 5) is 13.1. The van der Waals surface area contributed by atoms with Crippen molar-refractivity contribution in [3.05, 3.63) is 0 Å². The maximum atomic E-state index is 11.1. The fourth-order valence-corrected chi connectivity index (χ4v) is 2.32. The number of nitrogens with zero attached hydrogens (tertiary/aromatic N) is 1. The van der Waals surface area contributed by atoms with Gasteiger partial charge in [0, 0.05) is 44.6 Å². The molecule has 1 heterocycles. The highest BCUT2D eigenvalue weighted by atomic mass is 16.5. The Hall–Kier alpha value is -0.450. The molecule has 0 radical (unpaired) electrons. The van der Waals surface area contributed by atoms with Crippen LogP contribution in [0.2, 0.25) is 0 Å². The van der Waals surface area contributed by atoms with Crippen molar-refractivity contribution in [2.45, 2.75) is 38.7 Å². The first kappa shape index (κ1) is 14.6. The van der Waals surface area contributed by atoms with E-state index in [-0.39, 0.29) is 5.41 Å². The number of hydrogen-bond donors (Lipinski definition) is 1. The highest BCUT2D eigenvalue weighted by Gasteiger charge is 2.33. The normalized spacial score (nSPS) is 23.4. The molecule has 1 aliphatic rings. The van der Waals surface area contributed by atoms with Gasteiger partial charge in [0.25, 0.3) is 0 Å². The summed E-state index contributed by atoms with van der Waals surface area (Å²) in [6, 6.07) is 0. The zero-order valence-corrected chi connectivity index (χ0v) is 11.2. The molecule has 0 aromatic rings. The molecule has 1 unspecified atom stereocenters. The van der Waals surface area contributed by atoms with Crippen LogP contribution in [-0.4, -0.2) is 55.2 Å². The summed E-state index contributed by atoms with van der Waals surface area (Å²) in [6.07, 6.45) is 3.21. The van der Waals surface area contributed by atoms with Gasteiger partial charge < -0.3 is 19.5 Å². The predicted molar refractivity (Wildman–Crippen MR) is 67.0 cm³/mol. The predicted octanol–water partition coefficient (Wildman–Crippen LogP) is 1.07. The molecule has 1 rings (SSSR count). The molecule has 0 amide bonds. The monoisotopic (exact) mass is 243 g/mol. The van der Waals surface area contributed by atoms with Crippen molar-refractivity contribution < 1.29 is 14.6 Å². The lowest BCUT2D eigenvalue weighted by molar-refractivity contribution is -0.118. The summed E-state index contributed by atoms with van der Waals surface area (Å²) >= 11 is 0. The second-order valence-corrected chi connectivity index (χ2v) is 5.63. The van der Waals surface area contributed by atoms with Crippen LogP contribution in [0.15, 0.2) is 0 Å². The number of carbonyl (C=O) groups excluding carboxylic acids is 1. The largest absolute Gasteiger partial charge is 0.388 e. The van der Waals surface area contributed by atoms with Crippen molar-refractivity contribution in [3.8, 4) is 0 Å². The van der Waals surface area contributed by atoms with Gasteiger partial charge in [-0.2, -0.15) is 0 Å². The summed E-state index contributed by atoms with van der Waals surface area (Å²) in [5.41, 5.74) is -0.958. The molecule has 1 N–H and O–H groups in total. The van der Waals surface area contributed by atoms with Crippen molar-refractivity contribution in [3.63, 3.8) is 0 Å².